The Morgan fingerprint density at radius 2 is 1.67 bits per heavy atom. The molecule has 0 fully saturated rings. The lowest BCUT2D eigenvalue weighted by Crippen LogP contribution is -2.50. The molecule has 42 heavy (non-hydrogen) atoms. The van der Waals surface area contributed by atoms with Crippen molar-refractivity contribution in [2.75, 3.05) is 18.5 Å². The summed E-state index contributed by atoms with van der Waals surface area (Å²) < 4.78 is 0. The summed E-state index contributed by atoms with van der Waals surface area (Å²) in [7, 11) is 0. The van der Waals surface area contributed by atoms with E-state index in [0.29, 0.717) is 12.1 Å². The highest BCUT2D eigenvalue weighted by Gasteiger charge is 2.25. The van der Waals surface area contributed by atoms with Crippen LogP contribution in [0.4, 0.5) is 10.5 Å². The van der Waals surface area contributed by atoms with E-state index in [9.17, 15) is 14.4 Å². The van der Waals surface area contributed by atoms with Crippen LogP contribution in [0, 0.1) is 0 Å². The molecule has 0 saturated heterocycles. The number of benzene rings is 3. The van der Waals surface area contributed by atoms with Gasteiger partial charge in [0.2, 0.25) is 11.8 Å². The molecule has 4 aromatic rings. The SMILES string of the molecule is CC(C)(N)CC(=O)N[C@H](Cc1c[nH]c2ccccc12)C(=O)NCc1ccc(-c2ccccc2NC(=O)NCCO)cc1. The number of hydrogen-bond donors (Lipinski definition) is 7. The second kappa shape index (κ2) is 13.8. The molecule has 1 aromatic heterocycles. The monoisotopic (exact) mass is 570 g/mol. The number of para-hydroxylation sites is 2. The van der Waals surface area contributed by atoms with Crippen molar-refractivity contribution in [2.45, 2.75) is 44.8 Å². The van der Waals surface area contributed by atoms with Crippen LogP contribution in [0.5, 0.6) is 0 Å². The van der Waals surface area contributed by atoms with Gasteiger partial charge in [0.1, 0.15) is 6.04 Å². The van der Waals surface area contributed by atoms with Crippen LogP contribution in [0.25, 0.3) is 22.0 Å². The molecule has 0 unspecified atom stereocenters. The number of aromatic amines is 1. The zero-order valence-corrected chi connectivity index (χ0v) is 23.9. The van der Waals surface area contributed by atoms with E-state index in [4.69, 9.17) is 10.8 Å². The lowest BCUT2D eigenvalue weighted by atomic mass is 10.00. The molecule has 4 amide bonds. The van der Waals surface area contributed by atoms with E-state index in [1.807, 2.05) is 72.9 Å². The maximum Gasteiger partial charge on any atom is 0.319 e. The summed E-state index contributed by atoms with van der Waals surface area (Å²) in [5.41, 5.74) is 10.4. The Morgan fingerprint density at radius 1 is 0.952 bits per heavy atom. The molecular weight excluding hydrogens is 532 g/mol. The van der Waals surface area contributed by atoms with Gasteiger partial charge in [-0.2, -0.15) is 0 Å². The molecule has 0 spiro atoms. The zero-order valence-electron chi connectivity index (χ0n) is 23.9. The highest BCUT2D eigenvalue weighted by molar-refractivity contribution is 5.94. The van der Waals surface area contributed by atoms with Crippen LogP contribution in [0.3, 0.4) is 0 Å². The van der Waals surface area contributed by atoms with Crippen molar-refractivity contribution in [1.29, 1.82) is 0 Å². The largest absolute Gasteiger partial charge is 0.395 e. The predicted octanol–water partition coefficient (Wildman–Crippen LogP) is 3.42. The van der Waals surface area contributed by atoms with E-state index in [-0.39, 0.29) is 37.9 Å². The van der Waals surface area contributed by atoms with Gasteiger partial charge in [-0.25, -0.2) is 4.79 Å². The third-order valence-corrected chi connectivity index (χ3v) is 6.67. The minimum absolute atomic E-state index is 0.0888. The summed E-state index contributed by atoms with van der Waals surface area (Å²) >= 11 is 0. The molecule has 0 aliphatic carbocycles. The van der Waals surface area contributed by atoms with E-state index in [2.05, 4.69) is 26.3 Å². The molecule has 220 valence electrons. The number of aliphatic hydroxyl groups is 1. The Morgan fingerprint density at radius 3 is 2.40 bits per heavy atom. The molecule has 1 atom stereocenters. The fourth-order valence-electron chi connectivity index (χ4n) is 4.68. The van der Waals surface area contributed by atoms with Gasteiger partial charge in [-0.15, -0.1) is 0 Å². The number of amides is 4. The van der Waals surface area contributed by atoms with Gasteiger partial charge in [-0.3, -0.25) is 9.59 Å². The smallest absolute Gasteiger partial charge is 0.319 e. The first kappa shape index (κ1) is 30.3. The third-order valence-electron chi connectivity index (χ3n) is 6.67. The van der Waals surface area contributed by atoms with Crippen LogP contribution in [-0.4, -0.2) is 52.7 Å². The molecule has 0 radical (unpaired) electrons. The Bertz CT molecular complexity index is 1520. The number of hydrogen-bond acceptors (Lipinski definition) is 5. The molecule has 1 heterocycles. The molecule has 0 saturated carbocycles. The van der Waals surface area contributed by atoms with Gasteiger partial charge in [0.15, 0.2) is 0 Å². The number of urea groups is 1. The van der Waals surface area contributed by atoms with Gasteiger partial charge in [0, 0.05) is 54.1 Å². The zero-order chi connectivity index (χ0) is 30.1. The molecule has 0 aliphatic heterocycles. The van der Waals surface area contributed by atoms with Crippen molar-refractivity contribution in [2.24, 2.45) is 5.73 Å². The predicted molar refractivity (Wildman–Crippen MR) is 165 cm³/mol. The summed E-state index contributed by atoms with van der Waals surface area (Å²) in [6, 6.07) is 21.7. The minimum atomic E-state index is -0.784. The van der Waals surface area contributed by atoms with Crippen LogP contribution in [0.1, 0.15) is 31.4 Å². The van der Waals surface area contributed by atoms with Crippen molar-refractivity contribution < 1.29 is 19.5 Å². The minimum Gasteiger partial charge on any atom is -0.395 e. The van der Waals surface area contributed by atoms with Crippen molar-refractivity contribution in [1.82, 2.24) is 20.9 Å². The fourth-order valence-corrected chi connectivity index (χ4v) is 4.68. The highest BCUT2D eigenvalue weighted by atomic mass is 16.3. The van der Waals surface area contributed by atoms with E-state index < -0.39 is 17.6 Å². The first-order valence-electron chi connectivity index (χ1n) is 13.9. The van der Waals surface area contributed by atoms with E-state index >= 15 is 0 Å². The number of rotatable bonds is 12. The molecule has 0 aliphatic rings. The fraction of sp³-hybridized carbons (Fsp3) is 0.281. The molecule has 10 heteroatoms. The number of nitrogens with one attached hydrogen (secondary N) is 5. The average Bonchev–Trinajstić information content (AvgIpc) is 3.37. The number of H-pyrrole nitrogens is 1. The van der Waals surface area contributed by atoms with Crippen LogP contribution >= 0.6 is 0 Å². The van der Waals surface area contributed by atoms with E-state index in [0.717, 1.165) is 33.2 Å². The average molecular weight is 571 g/mol. The molecule has 10 nitrogen and oxygen atoms in total. The first-order chi connectivity index (χ1) is 20.1. The molecule has 0 bridgehead atoms. The van der Waals surface area contributed by atoms with Crippen molar-refractivity contribution in [3.8, 4) is 11.1 Å². The maximum absolute atomic E-state index is 13.4. The van der Waals surface area contributed by atoms with Crippen LogP contribution in [0.15, 0.2) is 79.0 Å². The number of carbonyl (C=O) groups is 3. The standard InChI is InChI=1S/C32H38N6O4/c1-32(2,33)18-29(40)37-28(17-23-20-35-26-9-5-3-8-25(23)26)30(41)36-19-21-11-13-22(14-12-21)24-7-4-6-10-27(24)38-31(42)34-15-16-39/h3-14,20,28,35,39H,15-19,33H2,1-2H3,(H,36,41)(H,37,40)(H2,34,38,42)/t28-/m1/s1. The van der Waals surface area contributed by atoms with Gasteiger partial charge < -0.3 is 37.1 Å². The van der Waals surface area contributed by atoms with Crippen LogP contribution < -0.4 is 27.0 Å². The Balaban J connectivity index is 1.44. The second-order valence-corrected chi connectivity index (χ2v) is 10.9. The van der Waals surface area contributed by atoms with Gasteiger partial charge in [-0.05, 0) is 42.7 Å². The maximum atomic E-state index is 13.4. The Kier molecular flexibility index (Phi) is 9.95. The van der Waals surface area contributed by atoms with E-state index in [1.54, 1.807) is 19.9 Å². The number of aliphatic hydroxyl groups excluding tert-OH is 1. The first-order valence-corrected chi connectivity index (χ1v) is 13.9. The molecule has 3 aromatic carbocycles. The summed E-state index contributed by atoms with van der Waals surface area (Å²) in [6.07, 6.45) is 2.28. The van der Waals surface area contributed by atoms with Crippen LogP contribution in [-0.2, 0) is 22.6 Å². The third kappa shape index (κ3) is 8.42. The van der Waals surface area contributed by atoms with Crippen molar-refractivity contribution in [3.05, 3.63) is 90.1 Å². The number of aromatic nitrogens is 1. The van der Waals surface area contributed by atoms with Gasteiger partial charge in [0.25, 0.3) is 0 Å². The molecule has 8 N–H and O–H groups in total. The van der Waals surface area contributed by atoms with Crippen molar-refractivity contribution in [3.63, 3.8) is 0 Å². The normalized spacial score (nSPS) is 12.0. The molecular formula is C32H38N6O4. The summed E-state index contributed by atoms with van der Waals surface area (Å²) in [5, 5.41) is 21.2. The summed E-state index contributed by atoms with van der Waals surface area (Å²) in [4.78, 5) is 41.4. The topological polar surface area (TPSA) is 161 Å². The van der Waals surface area contributed by atoms with E-state index in [1.165, 1.54) is 0 Å². The van der Waals surface area contributed by atoms with Gasteiger partial charge in [0.05, 0.1) is 12.3 Å². The second-order valence-electron chi connectivity index (χ2n) is 10.9. The van der Waals surface area contributed by atoms with Crippen molar-refractivity contribution >= 4 is 34.4 Å². The summed E-state index contributed by atoms with van der Waals surface area (Å²) in [6.45, 7) is 3.82. The highest BCUT2D eigenvalue weighted by Crippen LogP contribution is 2.28. The Labute approximate surface area is 245 Å². The van der Waals surface area contributed by atoms with Gasteiger partial charge in [-0.1, -0.05) is 60.7 Å². The van der Waals surface area contributed by atoms with Crippen LogP contribution in [0.2, 0.25) is 0 Å². The number of carbonyl (C=O) groups excluding carboxylic acids is 3. The molecule has 4 rings (SSSR count). The number of fused-ring (bicyclic) bond motifs is 1. The number of anilines is 1. The lowest BCUT2D eigenvalue weighted by molar-refractivity contribution is -0.129. The lowest BCUT2D eigenvalue weighted by Gasteiger charge is -2.22. The quantitative estimate of drug-likeness (QED) is 0.139. The summed E-state index contributed by atoms with van der Waals surface area (Å²) in [5.74, 6) is -0.583. The number of nitrogens with two attached hydrogens (primary N) is 1. The Hall–Kier alpha value is -4.67. The van der Waals surface area contributed by atoms with Gasteiger partial charge >= 0.3 is 6.03 Å².